The standard InChI is InChI=1S/C20H21N3O3/c1-13-10-17(16-6-5-7-19(26-4)20(16)22-13)23-21-12-14-11-15(24-2)8-9-18(14)25-3/h5-12H,1-4H3,(H,22,23)/b21-12+. The minimum atomic E-state index is 0.716. The molecule has 0 saturated heterocycles. The number of methoxy groups -OCH3 is 3. The maximum atomic E-state index is 5.41. The molecule has 0 bridgehead atoms. The lowest BCUT2D eigenvalue weighted by molar-refractivity contribution is 0.402. The molecule has 0 amide bonds. The molecule has 26 heavy (non-hydrogen) atoms. The summed E-state index contributed by atoms with van der Waals surface area (Å²) < 4.78 is 16.0. The van der Waals surface area contributed by atoms with E-state index in [0.717, 1.165) is 39.3 Å². The third kappa shape index (κ3) is 3.54. The van der Waals surface area contributed by atoms with Gasteiger partial charge in [-0.2, -0.15) is 5.10 Å². The predicted molar refractivity (Wildman–Crippen MR) is 104 cm³/mol. The van der Waals surface area contributed by atoms with Crippen molar-refractivity contribution in [2.24, 2.45) is 5.10 Å². The third-order valence-corrected chi connectivity index (χ3v) is 3.98. The first-order valence-electron chi connectivity index (χ1n) is 8.11. The summed E-state index contributed by atoms with van der Waals surface area (Å²) in [6.07, 6.45) is 1.70. The maximum absolute atomic E-state index is 5.41. The van der Waals surface area contributed by atoms with E-state index in [9.17, 15) is 0 Å². The first-order valence-corrected chi connectivity index (χ1v) is 8.11. The molecule has 3 aromatic rings. The molecular weight excluding hydrogens is 330 g/mol. The summed E-state index contributed by atoms with van der Waals surface area (Å²) in [6.45, 7) is 1.94. The van der Waals surface area contributed by atoms with Crippen molar-refractivity contribution < 1.29 is 14.2 Å². The van der Waals surface area contributed by atoms with E-state index in [2.05, 4.69) is 15.5 Å². The number of ether oxygens (including phenoxy) is 3. The predicted octanol–water partition coefficient (Wildman–Crippen LogP) is 4.02. The largest absolute Gasteiger partial charge is 0.497 e. The van der Waals surface area contributed by atoms with Gasteiger partial charge in [-0.05, 0) is 37.3 Å². The number of pyridine rings is 1. The Balaban J connectivity index is 1.94. The van der Waals surface area contributed by atoms with Crippen molar-refractivity contribution in [2.45, 2.75) is 6.92 Å². The molecule has 6 nitrogen and oxygen atoms in total. The molecule has 3 rings (SSSR count). The van der Waals surface area contributed by atoms with Crippen molar-refractivity contribution in [1.29, 1.82) is 0 Å². The molecule has 0 atom stereocenters. The van der Waals surface area contributed by atoms with E-state index in [1.807, 2.05) is 49.4 Å². The van der Waals surface area contributed by atoms with Crippen molar-refractivity contribution in [2.75, 3.05) is 26.8 Å². The topological polar surface area (TPSA) is 65.0 Å². The zero-order valence-corrected chi connectivity index (χ0v) is 15.2. The number of rotatable bonds is 6. The molecule has 0 aliphatic heterocycles. The molecule has 0 saturated carbocycles. The summed E-state index contributed by atoms with van der Waals surface area (Å²) in [5.41, 5.74) is 6.43. The second kappa shape index (κ2) is 7.74. The van der Waals surface area contributed by atoms with Crippen molar-refractivity contribution in [3.63, 3.8) is 0 Å². The summed E-state index contributed by atoms with van der Waals surface area (Å²) >= 11 is 0. The van der Waals surface area contributed by atoms with E-state index in [-0.39, 0.29) is 0 Å². The van der Waals surface area contributed by atoms with Gasteiger partial charge in [0.05, 0.1) is 33.2 Å². The Morgan fingerprint density at radius 3 is 2.50 bits per heavy atom. The number of nitrogens with zero attached hydrogens (tertiary/aromatic N) is 2. The van der Waals surface area contributed by atoms with Gasteiger partial charge >= 0.3 is 0 Å². The van der Waals surface area contributed by atoms with Crippen LogP contribution in [0.15, 0.2) is 47.6 Å². The molecule has 6 heteroatoms. The van der Waals surface area contributed by atoms with Gasteiger partial charge in [-0.15, -0.1) is 0 Å². The first kappa shape index (κ1) is 17.5. The van der Waals surface area contributed by atoms with Crippen molar-refractivity contribution >= 4 is 22.8 Å². The van der Waals surface area contributed by atoms with Crippen molar-refractivity contribution in [1.82, 2.24) is 4.98 Å². The Bertz CT molecular complexity index is 954. The van der Waals surface area contributed by atoms with E-state index in [1.54, 1.807) is 27.5 Å². The monoisotopic (exact) mass is 351 g/mol. The van der Waals surface area contributed by atoms with Crippen molar-refractivity contribution in [3.8, 4) is 17.2 Å². The highest BCUT2D eigenvalue weighted by Gasteiger charge is 2.08. The second-order valence-corrected chi connectivity index (χ2v) is 5.65. The molecular formula is C20H21N3O3. The zero-order chi connectivity index (χ0) is 18.5. The van der Waals surface area contributed by atoms with Gasteiger partial charge in [0.15, 0.2) is 0 Å². The number of hydrazone groups is 1. The van der Waals surface area contributed by atoms with Gasteiger partial charge in [-0.1, -0.05) is 12.1 Å². The highest BCUT2D eigenvalue weighted by molar-refractivity contribution is 5.95. The molecule has 134 valence electrons. The molecule has 0 radical (unpaired) electrons. The van der Waals surface area contributed by atoms with Gasteiger partial charge in [0, 0.05) is 16.6 Å². The molecule has 0 aliphatic carbocycles. The summed E-state index contributed by atoms with van der Waals surface area (Å²) in [4.78, 5) is 4.57. The summed E-state index contributed by atoms with van der Waals surface area (Å²) in [7, 11) is 4.89. The van der Waals surface area contributed by atoms with E-state index in [1.165, 1.54) is 0 Å². The molecule has 0 spiro atoms. The summed E-state index contributed by atoms with van der Waals surface area (Å²) in [6, 6.07) is 13.3. The van der Waals surface area contributed by atoms with Crippen LogP contribution >= 0.6 is 0 Å². The van der Waals surface area contributed by atoms with Crippen LogP contribution in [0.2, 0.25) is 0 Å². The second-order valence-electron chi connectivity index (χ2n) is 5.65. The van der Waals surface area contributed by atoms with E-state index < -0.39 is 0 Å². The van der Waals surface area contributed by atoms with Gasteiger partial charge in [0.2, 0.25) is 0 Å². The van der Waals surface area contributed by atoms with Crippen LogP contribution in [0, 0.1) is 6.92 Å². The van der Waals surface area contributed by atoms with Crippen LogP contribution in [-0.4, -0.2) is 32.5 Å². The fourth-order valence-electron chi connectivity index (χ4n) is 2.72. The Hall–Kier alpha value is -3.28. The Morgan fingerprint density at radius 2 is 1.77 bits per heavy atom. The van der Waals surface area contributed by atoms with Gasteiger partial charge in [0.1, 0.15) is 22.8 Å². The highest BCUT2D eigenvalue weighted by atomic mass is 16.5. The lowest BCUT2D eigenvalue weighted by atomic mass is 10.1. The Labute approximate surface area is 152 Å². The zero-order valence-electron chi connectivity index (χ0n) is 15.2. The third-order valence-electron chi connectivity index (χ3n) is 3.98. The van der Waals surface area contributed by atoms with E-state index in [4.69, 9.17) is 14.2 Å². The number of nitrogens with one attached hydrogen (secondary N) is 1. The number of fused-ring (bicyclic) bond motifs is 1. The Morgan fingerprint density at radius 1 is 0.962 bits per heavy atom. The number of para-hydroxylation sites is 1. The first-order chi connectivity index (χ1) is 12.7. The summed E-state index contributed by atoms with van der Waals surface area (Å²) in [5.74, 6) is 2.18. The van der Waals surface area contributed by atoms with Crippen LogP contribution in [0.25, 0.3) is 10.9 Å². The maximum Gasteiger partial charge on any atom is 0.145 e. The minimum absolute atomic E-state index is 0.716. The highest BCUT2D eigenvalue weighted by Crippen LogP contribution is 2.30. The van der Waals surface area contributed by atoms with Crippen LogP contribution < -0.4 is 19.6 Å². The number of hydrogen-bond donors (Lipinski definition) is 1. The molecule has 0 unspecified atom stereocenters. The molecule has 0 fully saturated rings. The van der Waals surface area contributed by atoms with Gasteiger partial charge in [0.25, 0.3) is 0 Å². The average molecular weight is 351 g/mol. The number of benzene rings is 2. The average Bonchev–Trinajstić information content (AvgIpc) is 2.67. The van der Waals surface area contributed by atoms with Crippen molar-refractivity contribution in [3.05, 3.63) is 53.7 Å². The number of anilines is 1. The van der Waals surface area contributed by atoms with Crippen LogP contribution in [0.5, 0.6) is 17.2 Å². The molecule has 2 aromatic carbocycles. The van der Waals surface area contributed by atoms with Gasteiger partial charge < -0.3 is 14.2 Å². The minimum Gasteiger partial charge on any atom is -0.497 e. The fraction of sp³-hybridized carbons (Fsp3) is 0.200. The molecule has 1 N–H and O–H groups in total. The van der Waals surface area contributed by atoms with Gasteiger partial charge in [-0.25, -0.2) is 4.98 Å². The van der Waals surface area contributed by atoms with Gasteiger partial charge in [-0.3, -0.25) is 5.43 Å². The van der Waals surface area contributed by atoms with Crippen LogP contribution in [0.1, 0.15) is 11.3 Å². The quantitative estimate of drug-likeness (QED) is 0.537. The molecule has 1 aromatic heterocycles. The summed E-state index contributed by atoms with van der Waals surface area (Å²) in [5, 5.41) is 5.30. The van der Waals surface area contributed by atoms with Crippen LogP contribution in [-0.2, 0) is 0 Å². The number of aryl methyl sites for hydroxylation is 1. The van der Waals surface area contributed by atoms with E-state index in [0.29, 0.717) is 5.75 Å². The van der Waals surface area contributed by atoms with E-state index >= 15 is 0 Å². The normalized spacial score (nSPS) is 10.9. The Kier molecular flexibility index (Phi) is 5.22. The number of hydrogen-bond acceptors (Lipinski definition) is 6. The smallest absolute Gasteiger partial charge is 0.145 e. The SMILES string of the molecule is COc1ccc(OC)c(/C=N/Nc2cc(C)nc3c(OC)cccc23)c1. The van der Waals surface area contributed by atoms with Crippen LogP contribution in [0.4, 0.5) is 5.69 Å². The fourth-order valence-corrected chi connectivity index (χ4v) is 2.72. The number of aromatic nitrogens is 1. The van der Waals surface area contributed by atoms with Crippen LogP contribution in [0.3, 0.4) is 0 Å². The molecule has 0 aliphatic rings. The lowest BCUT2D eigenvalue weighted by Crippen LogP contribution is -1.98. The molecule has 1 heterocycles. The lowest BCUT2D eigenvalue weighted by Gasteiger charge is -2.10.